The maximum Gasteiger partial charge on any atom is 0.190 e. The van der Waals surface area contributed by atoms with Crippen LogP contribution in [0.5, 0.6) is 0 Å². The molecule has 0 spiro atoms. The van der Waals surface area contributed by atoms with Crippen LogP contribution in [0.3, 0.4) is 0 Å². The summed E-state index contributed by atoms with van der Waals surface area (Å²) in [6, 6.07) is 14.5. The summed E-state index contributed by atoms with van der Waals surface area (Å²) >= 11 is 6.99. The number of nitrogens with zero attached hydrogens (tertiary/aromatic N) is 2. The molecule has 0 unspecified atom stereocenters. The van der Waals surface area contributed by atoms with Crippen LogP contribution in [0.4, 0.5) is 5.13 Å². The second kappa shape index (κ2) is 5.62. The van der Waals surface area contributed by atoms with Crippen LogP contribution in [0.25, 0.3) is 10.2 Å². The van der Waals surface area contributed by atoms with Crippen molar-refractivity contribution in [3.05, 3.63) is 54.4 Å². The van der Waals surface area contributed by atoms with E-state index in [-0.39, 0.29) is 0 Å². The van der Waals surface area contributed by atoms with Gasteiger partial charge in [-0.15, -0.1) is 0 Å². The first-order chi connectivity index (χ1) is 10.8. The number of hydrogen-bond donors (Lipinski definition) is 2. The molecule has 1 fully saturated rings. The molecule has 1 aliphatic rings. The lowest BCUT2D eigenvalue weighted by Gasteiger charge is -2.07. The van der Waals surface area contributed by atoms with Crippen molar-refractivity contribution in [3.63, 3.8) is 0 Å². The van der Waals surface area contributed by atoms with E-state index in [0.717, 1.165) is 27.5 Å². The highest BCUT2D eigenvalue weighted by atomic mass is 32.1. The van der Waals surface area contributed by atoms with Gasteiger partial charge in [0.15, 0.2) is 10.2 Å². The summed E-state index contributed by atoms with van der Waals surface area (Å²) in [5.41, 5.74) is 2.12. The quantitative estimate of drug-likeness (QED) is 0.721. The van der Waals surface area contributed by atoms with E-state index >= 15 is 0 Å². The zero-order valence-electron chi connectivity index (χ0n) is 11.7. The standard InChI is InChI=1S/C16H14N4S2/c21-15(18-13-9-10(13)11-5-3-4-8-17-11)20-16-19-12-6-1-2-7-14(12)22-16/h1-8,10,13H,9H2,(H2,18,19,20,21)/t10-,13-/m1/s1. The Morgan fingerprint density at radius 3 is 2.86 bits per heavy atom. The lowest BCUT2D eigenvalue weighted by Crippen LogP contribution is -2.31. The third kappa shape index (κ3) is 2.80. The Bertz CT molecular complexity index is 782. The molecule has 22 heavy (non-hydrogen) atoms. The first kappa shape index (κ1) is 13.6. The highest BCUT2D eigenvalue weighted by molar-refractivity contribution is 7.80. The third-order valence-corrected chi connectivity index (χ3v) is 4.86. The van der Waals surface area contributed by atoms with Crippen LogP contribution in [0, 0.1) is 0 Å². The Hall–Kier alpha value is -2.05. The first-order valence-electron chi connectivity index (χ1n) is 7.13. The molecule has 4 rings (SSSR count). The third-order valence-electron chi connectivity index (χ3n) is 3.69. The minimum Gasteiger partial charge on any atom is -0.359 e. The second-order valence-electron chi connectivity index (χ2n) is 5.29. The number of pyridine rings is 1. The summed E-state index contributed by atoms with van der Waals surface area (Å²) in [5, 5.41) is 7.98. The fourth-order valence-electron chi connectivity index (χ4n) is 2.50. The Morgan fingerprint density at radius 2 is 2.05 bits per heavy atom. The van der Waals surface area contributed by atoms with Gasteiger partial charge in [0.1, 0.15) is 0 Å². The number of nitrogens with one attached hydrogen (secondary N) is 2. The maximum absolute atomic E-state index is 5.38. The van der Waals surface area contributed by atoms with Gasteiger partial charge in [-0.05, 0) is 42.9 Å². The minimum atomic E-state index is 0.365. The number of anilines is 1. The highest BCUT2D eigenvalue weighted by Gasteiger charge is 2.39. The molecule has 0 radical (unpaired) electrons. The fraction of sp³-hybridized carbons (Fsp3) is 0.188. The molecule has 2 atom stereocenters. The van der Waals surface area contributed by atoms with Gasteiger partial charge in [-0.25, -0.2) is 4.98 Å². The average molecular weight is 326 g/mol. The maximum atomic E-state index is 5.38. The zero-order chi connectivity index (χ0) is 14.9. The SMILES string of the molecule is S=C(Nc1nc2ccccc2s1)N[C@@H]1C[C@@H]1c1ccccn1. The van der Waals surface area contributed by atoms with E-state index in [1.165, 1.54) is 0 Å². The summed E-state index contributed by atoms with van der Waals surface area (Å²) in [6.07, 6.45) is 2.90. The number of fused-ring (bicyclic) bond motifs is 1. The molecule has 2 N–H and O–H groups in total. The van der Waals surface area contributed by atoms with Gasteiger partial charge >= 0.3 is 0 Å². The second-order valence-corrected chi connectivity index (χ2v) is 6.73. The van der Waals surface area contributed by atoms with Crippen molar-refractivity contribution in [2.24, 2.45) is 0 Å². The molecule has 1 saturated carbocycles. The van der Waals surface area contributed by atoms with Crippen LogP contribution in [0.1, 0.15) is 18.0 Å². The van der Waals surface area contributed by atoms with Crippen LogP contribution < -0.4 is 10.6 Å². The van der Waals surface area contributed by atoms with Gasteiger partial charge in [-0.3, -0.25) is 4.98 Å². The molecule has 110 valence electrons. The molecule has 3 aromatic rings. The van der Waals surface area contributed by atoms with Crippen molar-refractivity contribution >= 4 is 44.0 Å². The Labute approximate surface area is 137 Å². The van der Waals surface area contributed by atoms with Crippen molar-refractivity contribution < 1.29 is 0 Å². The molecular weight excluding hydrogens is 312 g/mol. The van der Waals surface area contributed by atoms with Crippen LogP contribution in [0.15, 0.2) is 48.7 Å². The van der Waals surface area contributed by atoms with E-state index in [1.807, 2.05) is 36.5 Å². The van der Waals surface area contributed by atoms with Crippen molar-refractivity contribution in [3.8, 4) is 0 Å². The number of thiazole rings is 1. The Balaban J connectivity index is 1.37. The number of para-hydroxylation sites is 1. The topological polar surface area (TPSA) is 49.8 Å². The van der Waals surface area contributed by atoms with Gasteiger partial charge < -0.3 is 10.6 Å². The van der Waals surface area contributed by atoms with Crippen molar-refractivity contribution in [1.82, 2.24) is 15.3 Å². The average Bonchev–Trinajstić information content (AvgIpc) is 3.17. The van der Waals surface area contributed by atoms with Crippen molar-refractivity contribution in [2.75, 3.05) is 5.32 Å². The van der Waals surface area contributed by atoms with Crippen molar-refractivity contribution in [2.45, 2.75) is 18.4 Å². The predicted octanol–water partition coefficient (Wildman–Crippen LogP) is 3.53. The monoisotopic (exact) mass is 326 g/mol. The zero-order valence-corrected chi connectivity index (χ0v) is 13.3. The van der Waals surface area contributed by atoms with E-state index < -0.39 is 0 Å². The molecule has 1 aromatic carbocycles. The summed E-state index contributed by atoms with van der Waals surface area (Å²) in [4.78, 5) is 8.92. The first-order valence-corrected chi connectivity index (χ1v) is 8.36. The molecule has 0 aliphatic heterocycles. The van der Waals surface area contributed by atoms with Gasteiger partial charge in [-0.1, -0.05) is 29.5 Å². The molecule has 0 amide bonds. The van der Waals surface area contributed by atoms with Crippen LogP contribution in [-0.2, 0) is 0 Å². The number of benzene rings is 1. The smallest absolute Gasteiger partial charge is 0.190 e. The summed E-state index contributed by atoms with van der Waals surface area (Å²) in [5.74, 6) is 0.455. The summed E-state index contributed by atoms with van der Waals surface area (Å²) < 4.78 is 1.16. The lowest BCUT2D eigenvalue weighted by molar-refractivity contribution is 0.859. The molecule has 1 aliphatic carbocycles. The molecule has 2 heterocycles. The van der Waals surface area contributed by atoms with Crippen LogP contribution in [-0.4, -0.2) is 21.1 Å². The number of aromatic nitrogens is 2. The van der Waals surface area contributed by atoms with Gasteiger partial charge in [-0.2, -0.15) is 0 Å². The van der Waals surface area contributed by atoms with E-state index in [9.17, 15) is 0 Å². The Kier molecular flexibility index (Phi) is 3.48. The van der Waals surface area contributed by atoms with E-state index in [1.54, 1.807) is 11.3 Å². The van der Waals surface area contributed by atoms with Crippen LogP contribution in [0.2, 0.25) is 0 Å². The number of rotatable bonds is 3. The molecule has 2 aromatic heterocycles. The normalized spacial score (nSPS) is 19.8. The summed E-state index contributed by atoms with van der Waals surface area (Å²) in [7, 11) is 0. The van der Waals surface area contributed by atoms with E-state index in [0.29, 0.717) is 17.1 Å². The van der Waals surface area contributed by atoms with Crippen molar-refractivity contribution in [1.29, 1.82) is 0 Å². The fourth-order valence-corrected chi connectivity index (χ4v) is 3.69. The highest BCUT2D eigenvalue weighted by Crippen LogP contribution is 2.39. The minimum absolute atomic E-state index is 0.365. The molecule has 0 bridgehead atoms. The predicted molar refractivity (Wildman–Crippen MR) is 94.4 cm³/mol. The summed E-state index contributed by atoms with van der Waals surface area (Å²) in [6.45, 7) is 0. The number of thiocarbonyl (C=S) groups is 1. The molecule has 6 heteroatoms. The molecule has 4 nitrogen and oxygen atoms in total. The van der Waals surface area contributed by atoms with E-state index in [4.69, 9.17) is 12.2 Å². The van der Waals surface area contributed by atoms with Gasteiger partial charge in [0.05, 0.1) is 10.2 Å². The van der Waals surface area contributed by atoms with Crippen LogP contribution >= 0.6 is 23.6 Å². The van der Waals surface area contributed by atoms with Gasteiger partial charge in [0.25, 0.3) is 0 Å². The Morgan fingerprint density at radius 1 is 1.18 bits per heavy atom. The van der Waals surface area contributed by atoms with Gasteiger partial charge in [0.2, 0.25) is 0 Å². The van der Waals surface area contributed by atoms with E-state index in [2.05, 4.69) is 32.7 Å². The van der Waals surface area contributed by atoms with Gasteiger partial charge in [0, 0.05) is 23.9 Å². The lowest BCUT2D eigenvalue weighted by atomic mass is 10.2. The largest absolute Gasteiger partial charge is 0.359 e. The molecular formula is C16H14N4S2. The molecule has 0 saturated heterocycles. The number of hydrogen-bond acceptors (Lipinski definition) is 4.